The molecule has 3 saturated heterocycles. The van der Waals surface area contributed by atoms with E-state index < -0.39 is 58.4 Å². The zero-order valence-corrected chi connectivity index (χ0v) is 29.6. The van der Waals surface area contributed by atoms with E-state index in [0.717, 1.165) is 4.31 Å². The number of pyridine rings is 1. The first-order valence-corrected chi connectivity index (χ1v) is 18.4. The number of halogens is 4. The summed E-state index contributed by atoms with van der Waals surface area (Å²) in [6.45, 7) is 1.45. The predicted molar refractivity (Wildman–Crippen MR) is 183 cm³/mol. The number of likely N-dealkylation sites (tertiary alicyclic amines) is 1. The molecule has 2 N–H and O–H groups in total. The molecule has 1 amide bonds. The van der Waals surface area contributed by atoms with Crippen LogP contribution in [0.3, 0.4) is 0 Å². The normalized spacial score (nSPS) is 23.8. The fraction of sp³-hybridized carbons (Fsp3) is 0.412. The number of hydrogen-bond acceptors (Lipinski definition) is 10. The minimum Gasteiger partial charge on any atom is -0.465 e. The first-order chi connectivity index (χ1) is 24.3. The zero-order valence-electron chi connectivity index (χ0n) is 27.3. The van der Waals surface area contributed by atoms with Crippen LogP contribution in [0.5, 0.6) is 0 Å². The van der Waals surface area contributed by atoms with Gasteiger partial charge in [-0.25, -0.2) is 17.2 Å². The highest BCUT2D eigenvalue weighted by Gasteiger charge is 2.73. The van der Waals surface area contributed by atoms with Gasteiger partial charge >= 0.3 is 5.97 Å². The topological polar surface area (TPSA) is 157 Å². The van der Waals surface area contributed by atoms with E-state index in [1.807, 2.05) is 6.07 Å². The van der Waals surface area contributed by atoms with Crippen molar-refractivity contribution >= 4 is 50.8 Å². The van der Waals surface area contributed by atoms with Crippen molar-refractivity contribution in [1.82, 2.24) is 19.5 Å². The molecule has 1 aromatic heterocycles. The lowest BCUT2D eigenvalue weighted by molar-refractivity contribution is -0.145. The van der Waals surface area contributed by atoms with Crippen molar-refractivity contribution in [3.05, 3.63) is 87.7 Å². The number of aromatic nitrogens is 1. The predicted octanol–water partition coefficient (Wildman–Crippen LogP) is 4.82. The van der Waals surface area contributed by atoms with Crippen molar-refractivity contribution in [1.29, 1.82) is 5.26 Å². The number of epoxide rings is 1. The van der Waals surface area contributed by atoms with E-state index in [1.54, 1.807) is 36.1 Å². The van der Waals surface area contributed by atoms with Crippen molar-refractivity contribution < 1.29 is 36.3 Å². The van der Waals surface area contributed by atoms with Crippen LogP contribution < -0.4 is 10.6 Å². The van der Waals surface area contributed by atoms with Crippen LogP contribution in [0, 0.1) is 11.3 Å². The minimum absolute atomic E-state index is 0.0305. The number of alkyl halides is 2. The van der Waals surface area contributed by atoms with Crippen molar-refractivity contribution in [3.63, 3.8) is 0 Å². The summed E-state index contributed by atoms with van der Waals surface area (Å²) in [5.74, 6) is -4.13. The third-order valence-electron chi connectivity index (χ3n) is 9.17. The molecule has 1 spiro atoms. The molecule has 3 aliphatic heterocycles. The molecule has 2 aromatic carbocycles. The third kappa shape index (κ3) is 7.59. The lowest BCUT2D eigenvalue weighted by atomic mass is 10.00. The molecule has 3 fully saturated rings. The summed E-state index contributed by atoms with van der Waals surface area (Å²) in [6.07, 6.45) is 1.78. The van der Waals surface area contributed by atoms with E-state index in [-0.39, 0.29) is 64.9 Å². The summed E-state index contributed by atoms with van der Waals surface area (Å²) in [4.78, 5) is 31.4. The van der Waals surface area contributed by atoms with Crippen LogP contribution in [0.2, 0.25) is 10.0 Å². The lowest BCUT2D eigenvalue weighted by Gasteiger charge is -2.39. The number of nitriles is 1. The molecule has 4 atom stereocenters. The number of rotatable bonds is 11. The largest absolute Gasteiger partial charge is 0.465 e. The van der Waals surface area contributed by atoms with Crippen LogP contribution in [-0.2, 0) is 30.7 Å². The molecule has 4 heterocycles. The molecule has 3 aromatic rings. The van der Waals surface area contributed by atoms with Crippen molar-refractivity contribution in [2.75, 3.05) is 31.6 Å². The maximum absolute atomic E-state index is 14.7. The molecule has 0 aliphatic carbocycles. The second-order valence-electron chi connectivity index (χ2n) is 12.5. The number of carbonyl (C=O) groups is 2. The monoisotopic (exact) mass is 762 g/mol. The molecule has 51 heavy (non-hydrogen) atoms. The number of nitrogens with zero attached hydrogens (tertiary/aromatic N) is 4. The van der Waals surface area contributed by atoms with E-state index in [1.165, 1.54) is 36.7 Å². The molecule has 12 nitrogen and oxygen atoms in total. The van der Waals surface area contributed by atoms with Crippen LogP contribution in [0.4, 0.5) is 14.5 Å². The maximum atomic E-state index is 14.7. The van der Waals surface area contributed by atoms with Gasteiger partial charge in [-0.2, -0.15) is 9.57 Å². The average Bonchev–Trinajstić information content (AvgIpc) is 3.64. The summed E-state index contributed by atoms with van der Waals surface area (Å²) in [6, 6.07) is 12.4. The number of amides is 1. The smallest absolute Gasteiger partial charge is 0.323 e. The van der Waals surface area contributed by atoms with Crippen molar-refractivity contribution in [3.8, 4) is 6.07 Å². The van der Waals surface area contributed by atoms with Gasteiger partial charge < -0.3 is 14.8 Å². The van der Waals surface area contributed by atoms with Gasteiger partial charge in [0.1, 0.15) is 6.04 Å². The van der Waals surface area contributed by atoms with Gasteiger partial charge in [0.2, 0.25) is 10.0 Å². The fourth-order valence-corrected chi connectivity index (χ4v) is 9.12. The Kier molecular flexibility index (Phi) is 10.7. The summed E-state index contributed by atoms with van der Waals surface area (Å²) in [5, 5.41) is 15.4. The SMILES string of the molecule is CCOC(=O)[C@H](Cc1ccc(NC(=O)c2c(Cl)cncc2Cl)cc1)NC1OC12C(N1CCCC(F)(F)C1)CCN2S(=O)(=O)c1cccc(C#N)c1. The minimum atomic E-state index is -4.28. The molecular weight excluding hydrogens is 729 g/mol. The average molecular weight is 764 g/mol. The molecular formula is C34H34Cl2F2N6O6S. The molecule has 0 bridgehead atoms. The molecule has 17 heteroatoms. The van der Waals surface area contributed by atoms with Gasteiger partial charge in [0.25, 0.3) is 11.8 Å². The van der Waals surface area contributed by atoms with Gasteiger partial charge in [-0.05, 0) is 68.6 Å². The summed E-state index contributed by atoms with van der Waals surface area (Å²) in [5.41, 5.74) is -0.324. The summed E-state index contributed by atoms with van der Waals surface area (Å²) < 4.78 is 70.3. The van der Waals surface area contributed by atoms with Gasteiger partial charge in [-0.1, -0.05) is 41.4 Å². The lowest BCUT2D eigenvalue weighted by Crippen LogP contribution is -2.57. The van der Waals surface area contributed by atoms with E-state index in [9.17, 15) is 32.0 Å². The first kappa shape index (κ1) is 37.0. The van der Waals surface area contributed by atoms with E-state index in [0.29, 0.717) is 17.8 Å². The Morgan fingerprint density at radius 1 is 1.16 bits per heavy atom. The molecule has 270 valence electrons. The highest BCUT2D eigenvalue weighted by molar-refractivity contribution is 7.89. The molecule has 6 rings (SSSR count). The Hall–Kier alpha value is -3.75. The number of ether oxygens (including phenoxy) is 2. The van der Waals surface area contributed by atoms with Crippen LogP contribution >= 0.6 is 23.2 Å². The van der Waals surface area contributed by atoms with Crippen LogP contribution in [0.15, 0.2) is 65.8 Å². The summed E-state index contributed by atoms with van der Waals surface area (Å²) in [7, 11) is -4.28. The van der Waals surface area contributed by atoms with Crippen LogP contribution in [0.25, 0.3) is 0 Å². The fourth-order valence-electron chi connectivity index (χ4n) is 6.82. The molecule has 3 aliphatic rings. The summed E-state index contributed by atoms with van der Waals surface area (Å²) >= 11 is 12.2. The van der Waals surface area contributed by atoms with E-state index in [2.05, 4.69) is 15.6 Å². The van der Waals surface area contributed by atoms with E-state index >= 15 is 0 Å². The van der Waals surface area contributed by atoms with Gasteiger partial charge in [0, 0.05) is 31.0 Å². The third-order valence-corrected chi connectivity index (χ3v) is 11.6. The van der Waals surface area contributed by atoms with Crippen molar-refractivity contribution in [2.24, 2.45) is 0 Å². The van der Waals surface area contributed by atoms with E-state index in [4.69, 9.17) is 32.7 Å². The highest BCUT2D eigenvalue weighted by atomic mass is 35.5. The number of piperidine rings is 1. The quantitative estimate of drug-likeness (QED) is 0.205. The van der Waals surface area contributed by atoms with Gasteiger partial charge in [0.05, 0.1) is 51.3 Å². The Balaban J connectivity index is 1.25. The molecule has 0 saturated carbocycles. The Morgan fingerprint density at radius 2 is 1.88 bits per heavy atom. The van der Waals surface area contributed by atoms with Gasteiger partial charge in [0.15, 0.2) is 12.0 Å². The van der Waals surface area contributed by atoms with Crippen molar-refractivity contribution in [2.45, 2.75) is 67.5 Å². The number of anilines is 1. The molecule has 3 unspecified atom stereocenters. The Bertz CT molecular complexity index is 1950. The number of hydrogen-bond donors (Lipinski definition) is 2. The first-order valence-electron chi connectivity index (χ1n) is 16.2. The number of esters is 1. The Labute approximate surface area is 303 Å². The van der Waals surface area contributed by atoms with Gasteiger partial charge in [-0.3, -0.25) is 24.8 Å². The second-order valence-corrected chi connectivity index (χ2v) is 15.2. The number of carbonyl (C=O) groups excluding carboxylic acids is 2. The zero-order chi connectivity index (χ0) is 36.6. The van der Waals surface area contributed by atoms with Crippen LogP contribution in [0.1, 0.15) is 47.7 Å². The Morgan fingerprint density at radius 3 is 2.55 bits per heavy atom. The standard InChI is InChI=1S/C34H34Cl2F2N6O6S/c1-2-49-31(46)27(16-21-7-9-23(10-8-21)41-30(45)29-25(35)18-40-19-26(29)36)42-32-34(50-32)28(43-13-4-12-33(37,38)20-43)11-14-44(34)51(47,48)24-6-3-5-22(15-24)17-39/h3,5-10,15,18-19,27-28,32,42H,2,4,11-14,16,20H2,1H3,(H,41,45)/t27-,28?,32?,34?/m0/s1. The molecule has 0 radical (unpaired) electrons. The number of benzene rings is 2. The number of nitrogens with one attached hydrogen (secondary N) is 2. The maximum Gasteiger partial charge on any atom is 0.323 e. The highest BCUT2D eigenvalue weighted by Crippen LogP contribution is 2.52. The van der Waals surface area contributed by atoms with Crippen LogP contribution in [-0.4, -0.2) is 90.7 Å². The second kappa shape index (κ2) is 14.7. The number of sulfonamides is 1. The van der Waals surface area contributed by atoms with Gasteiger partial charge in [-0.15, -0.1) is 0 Å².